The molecule has 5 heteroatoms. The monoisotopic (exact) mass is 282 g/mol. The lowest BCUT2D eigenvalue weighted by atomic mass is 9.78. The Kier molecular flexibility index (Phi) is 5.89. The van der Waals surface area contributed by atoms with E-state index in [1.165, 1.54) is 11.8 Å². The number of carboxylic acid groups (broad SMARTS) is 1. The van der Waals surface area contributed by atoms with Crippen LogP contribution in [-0.2, 0) is 19.7 Å². The lowest BCUT2D eigenvalue weighted by molar-refractivity contribution is -0.161. The first kappa shape index (κ1) is 15.6. The van der Waals surface area contributed by atoms with Gasteiger partial charge in [-0.15, -0.1) is 0 Å². The molecule has 0 aliphatic carbocycles. The number of ether oxygens (including phenoxy) is 1. The van der Waals surface area contributed by atoms with Crippen LogP contribution in [0.15, 0.2) is 30.3 Å². The lowest BCUT2D eigenvalue weighted by Gasteiger charge is -2.27. The van der Waals surface area contributed by atoms with E-state index in [2.05, 4.69) is 0 Å². The average Bonchev–Trinajstić information content (AvgIpc) is 2.41. The third-order valence-electron chi connectivity index (χ3n) is 2.94. The molecule has 0 aromatic heterocycles. The van der Waals surface area contributed by atoms with Crippen LogP contribution in [0.3, 0.4) is 0 Å². The van der Waals surface area contributed by atoms with Crippen LogP contribution in [0.2, 0.25) is 0 Å². The minimum absolute atomic E-state index is 0.167. The van der Waals surface area contributed by atoms with Crippen molar-refractivity contribution in [2.24, 2.45) is 0 Å². The highest BCUT2D eigenvalue weighted by Gasteiger charge is 2.48. The third-order valence-corrected chi connectivity index (χ3v) is 3.55. The Labute approximate surface area is 117 Å². The average molecular weight is 282 g/mol. The van der Waals surface area contributed by atoms with Gasteiger partial charge in [0.1, 0.15) is 0 Å². The first-order valence-electron chi connectivity index (χ1n) is 6.04. The molecule has 0 spiro atoms. The Morgan fingerprint density at radius 3 is 2.42 bits per heavy atom. The van der Waals surface area contributed by atoms with Crippen LogP contribution < -0.4 is 0 Å². The van der Waals surface area contributed by atoms with Crippen LogP contribution >= 0.6 is 11.8 Å². The van der Waals surface area contributed by atoms with Gasteiger partial charge >= 0.3 is 11.9 Å². The molecular formula is C14H18O4S. The van der Waals surface area contributed by atoms with Crippen LogP contribution in [0, 0.1) is 0 Å². The van der Waals surface area contributed by atoms with E-state index in [0.29, 0.717) is 11.3 Å². The lowest BCUT2D eigenvalue weighted by Crippen LogP contribution is -2.45. The van der Waals surface area contributed by atoms with Crippen molar-refractivity contribution in [2.45, 2.75) is 18.8 Å². The number of carboxylic acids is 1. The zero-order valence-corrected chi connectivity index (χ0v) is 11.9. The van der Waals surface area contributed by atoms with Gasteiger partial charge in [-0.1, -0.05) is 30.3 Å². The molecule has 0 saturated carbocycles. The predicted molar refractivity (Wildman–Crippen MR) is 75.4 cm³/mol. The maximum atomic E-state index is 12.2. The molecule has 1 atom stereocenters. The summed E-state index contributed by atoms with van der Waals surface area (Å²) in [5.41, 5.74) is -1.14. The fraction of sp³-hybridized carbons (Fsp3) is 0.429. The Hall–Kier alpha value is -1.49. The van der Waals surface area contributed by atoms with Crippen molar-refractivity contribution in [3.05, 3.63) is 35.9 Å². The highest BCUT2D eigenvalue weighted by atomic mass is 32.2. The molecule has 1 aromatic carbocycles. The second-order valence-corrected chi connectivity index (χ2v) is 5.03. The third kappa shape index (κ3) is 3.29. The van der Waals surface area contributed by atoms with E-state index in [4.69, 9.17) is 4.74 Å². The van der Waals surface area contributed by atoms with Gasteiger partial charge in [0.2, 0.25) is 0 Å². The van der Waals surface area contributed by atoms with Gasteiger partial charge in [0, 0.05) is 0 Å². The number of esters is 1. The number of hydrogen-bond acceptors (Lipinski definition) is 4. The van der Waals surface area contributed by atoms with Crippen molar-refractivity contribution in [1.29, 1.82) is 0 Å². The topological polar surface area (TPSA) is 63.6 Å². The normalized spacial score (nSPS) is 13.6. The number of benzene rings is 1. The van der Waals surface area contributed by atoms with E-state index in [9.17, 15) is 14.7 Å². The van der Waals surface area contributed by atoms with E-state index < -0.39 is 17.4 Å². The molecule has 0 aliphatic rings. The number of aliphatic carboxylic acids is 1. The van der Waals surface area contributed by atoms with Crippen LogP contribution in [0.4, 0.5) is 0 Å². The summed E-state index contributed by atoms with van der Waals surface area (Å²) in [4.78, 5) is 23.9. The molecule has 1 aromatic rings. The number of hydrogen-bond donors (Lipinski definition) is 1. The van der Waals surface area contributed by atoms with Crippen LogP contribution in [0.5, 0.6) is 0 Å². The van der Waals surface area contributed by atoms with Crippen molar-refractivity contribution in [1.82, 2.24) is 0 Å². The van der Waals surface area contributed by atoms with E-state index in [1.807, 2.05) is 6.26 Å². The summed E-state index contributed by atoms with van der Waals surface area (Å²) in [6.45, 7) is 1.84. The highest BCUT2D eigenvalue weighted by molar-refractivity contribution is 7.98. The zero-order chi connectivity index (χ0) is 14.3. The Morgan fingerprint density at radius 2 is 1.95 bits per heavy atom. The molecule has 1 rings (SSSR count). The van der Waals surface area contributed by atoms with Gasteiger partial charge in [0.15, 0.2) is 5.41 Å². The van der Waals surface area contributed by atoms with E-state index in [0.717, 1.165) is 0 Å². The van der Waals surface area contributed by atoms with E-state index in [1.54, 1.807) is 37.3 Å². The Balaban J connectivity index is 3.27. The molecule has 4 nitrogen and oxygen atoms in total. The van der Waals surface area contributed by atoms with Crippen molar-refractivity contribution < 1.29 is 19.4 Å². The fourth-order valence-corrected chi connectivity index (χ4v) is 2.42. The van der Waals surface area contributed by atoms with Crippen molar-refractivity contribution >= 4 is 23.7 Å². The molecule has 0 saturated heterocycles. The minimum atomic E-state index is -1.61. The molecule has 0 heterocycles. The van der Waals surface area contributed by atoms with Gasteiger partial charge in [-0.2, -0.15) is 11.8 Å². The summed E-state index contributed by atoms with van der Waals surface area (Å²) in [5, 5.41) is 9.59. The van der Waals surface area contributed by atoms with Gasteiger partial charge in [-0.3, -0.25) is 9.59 Å². The number of thioether (sulfide) groups is 1. The number of carbonyl (C=O) groups excluding carboxylic acids is 1. The maximum absolute atomic E-state index is 12.2. The van der Waals surface area contributed by atoms with Gasteiger partial charge in [0.05, 0.1) is 6.61 Å². The van der Waals surface area contributed by atoms with E-state index in [-0.39, 0.29) is 13.0 Å². The van der Waals surface area contributed by atoms with Crippen molar-refractivity contribution in [3.63, 3.8) is 0 Å². The summed E-state index contributed by atoms with van der Waals surface area (Å²) >= 11 is 1.50. The minimum Gasteiger partial charge on any atom is -0.480 e. The first-order chi connectivity index (χ1) is 9.09. The molecular weight excluding hydrogens is 264 g/mol. The van der Waals surface area contributed by atoms with Crippen molar-refractivity contribution in [3.8, 4) is 0 Å². The second-order valence-electron chi connectivity index (χ2n) is 4.04. The summed E-state index contributed by atoms with van der Waals surface area (Å²) < 4.78 is 4.99. The molecule has 0 aliphatic heterocycles. The Morgan fingerprint density at radius 1 is 1.32 bits per heavy atom. The molecule has 0 amide bonds. The number of rotatable bonds is 7. The molecule has 1 unspecified atom stereocenters. The highest BCUT2D eigenvalue weighted by Crippen LogP contribution is 2.31. The van der Waals surface area contributed by atoms with Crippen molar-refractivity contribution in [2.75, 3.05) is 18.6 Å². The molecule has 0 bridgehead atoms. The van der Waals surface area contributed by atoms with Crippen LogP contribution in [0.25, 0.3) is 0 Å². The molecule has 1 N–H and O–H groups in total. The molecule has 19 heavy (non-hydrogen) atoms. The summed E-state index contributed by atoms with van der Waals surface area (Å²) in [6, 6.07) is 8.56. The molecule has 104 valence electrons. The first-order valence-corrected chi connectivity index (χ1v) is 7.44. The number of carbonyl (C=O) groups is 2. The van der Waals surface area contributed by atoms with Crippen LogP contribution in [0.1, 0.15) is 18.9 Å². The van der Waals surface area contributed by atoms with Gasteiger partial charge in [-0.05, 0) is 30.9 Å². The standard InChI is InChI=1S/C14H18O4S/c1-3-18-13(17)14(12(15)16,9-10-19-2)11-7-5-4-6-8-11/h4-8H,3,9-10H2,1-2H3,(H,15,16). The molecule has 0 fully saturated rings. The summed E-state index contributed by atoms with van der Waals surface area (Å²) in [6.07, 6.45) is 2.09. The predicted octanol–water partition coefficient (Wildman–Crippen LogP) is 2.33. The summed E-state index contributed by atoms with van der Waals surface area (Å²) in [5.74, 6) is -1.28. The molecule has 0 radical (unpaired) electrons. The van der Waals surface area contributed by atoms with Gasteiger partial charge < -0.3 is 9.84 Å². The smallest absolute Gasteiger partial charge is 0.328 e. The van der Waals surface area contributed by atoms with Crippen LogP contribution in [-0.4, -0.2) is 35.7 Å². The largest absolute Gasteiger partial charge is 0.480 e. The summed E-state index contributed by atoms with van der Waals surface area (Å²) in [7, 11) is 0. The van der Waals surface area contributed by atoms with E-state index >= 15 is 0 Å². The Bertz CT molecular complexity index is 432. The van der Waals surface area contributed by atoms with Gasteiger partial charge in [-0.25, -0.2) is 0 Å². The zero-order valence-electron chi connectivity index (χ0n) is 11.1. The van der Waals surface area contributed by atoms with Gasteiger partial charge in [0.25, 0.3) is 0 Å². The maximum Gasteiger partial charge on any atom is 0.328 e. The fourth-order valence-electron chi connectivity index (χ4n) is 1.91. The quantitative estimate of drug-likeness (QED) is 0.614. The SMILES string of the molecule is CCOC(=O)C(CCSC)(C(=O)O)c1ccccc1. The second kappa shape index (κ2) is 7.19.